The van der Waals surface area contributed by atoms with E-state index in [-0.39, 0.29) is 22.6 Å². The number of allylic oxidation sites excluding steroid dienone is 1. The van der Waals surface area contributed by atoms with Gasteiger partial charge in [0.25, 0.3) is 0 Å². The smallest absolute Gasteiger partial charge is 0.197 e. The maximum atomic E-state index is 13.3. The Labute approximate surface area is 215 Å². The summed E-state index contributed by atoms with van der Waals surface area (Å²) in [5.41, 5.74) is 6.92. The second kappa shape index (κ2) is 7.50. The van der Waals surface area contributed by atoms with Crippen LogP contribution in [0.5, 0.6) is 0 Å². The van der Waals surface area contributed by atoms with Crippen molar-refractivity contribution in [3.63, 3.8) is 0 Å². The number of hydrogen-bond acceptors (Lipinski definition) is 3. The zero-order chi connectivity index (χ0) is 25.5. The predicted molar refractivity (Wildman–Crippen MR) is 151 cm³/mol. The lowest BCUT2D eigenvalue weighted by atomic mass is 9.72. The summed E-state index contributed by atoms with van der Waals surface area (Å²) in [5, 5.41) is 4.21. The summed E-state index contributed by atoms with van der Waals surface area (Å²) in [6, 6.07) is 30.6. The summed E-state index contributed by atoms with van der Waals surface area (Å²) in [7, 11) is 2.12. The number of benzene rings is 5. The number of carbonyl (C=O) groups excluding carboxylic acids is 2. The maximum absolute atomic E-state index is 13.3. The van der Waals surface area contributed by atoms with Gasteiger partial charge in [0.05, 0.1) is 5.57 Å². The van der Waals surface area contributed by atoms with Gasteiger partial charge >= 0.3 is 0 Å². The quantitative estimate of drug-likeness (QED) is 0.181. The molecule has 0 aromatic heterocycles. The Kier molecular flexibility index (Phi) is 4.41. The van der Waals surface area contributed by atoms with Crippen molar-refractivity contribution in [1.29, 1.82) is 0 Å². The largest absolute Gasteiger partial charge is 0.344 e. The minimum Gasteiger partial charge on any atom is -0.344 e. The normalized spacial score (nSPS) is 15.6. The fraction of sp³-hybridized carbons (Fsp3) is 0.118. The van der Waals surface area contributed by atoms with Crippen LogP contribution < -0.4 is 4.90 Å². The van der Waals surface area contributed by atoms with Gasteiger partial charge in [-0.3, -0.25) is 9.59 Å². The third kappa shape index (κ3) is 3.01. The van der Waals surface area contributed by atoms with Gasteiger partial charge in [0.2, 0.25) is 0 Å². The van der Waals surface area contributed by atoms with Crippen molar-refractivity contribution < 1.29 is 9.59 Å². The molecule has 0 bridgehead atoms. The lowest BCUT2D eigenvalue weighted by Crippen LogP contribution is -2.31. The number of hydrogen-bond donors (Lipinski definition) is 0. The molecule has 2 aliphatic rings. The first-order valence-electron chi connectivity index (χ1n) is 12.6. The first kappa shape index (κ1) is 21.8. The Morgan fingerprint density at radius 3 is 2.03 bits per heavy atom. The molecule has 0 saturated heterocycles. The summed E-state index contributed by atoms with van der Waals surface area (Å²) in [5.74, 6) is -0.397. The minimum atomic E-state index is -0.198. The Morgan fingerprint density at radius 1 is 0.676 bits per heavy atom. The summed E-state index contributed by atoms with van der Waals surface area (Å²) >= 11 is 0. The third-order valence-corrected chi connectivity index (χ3v) is 8.12. The molecular weight excluding hydrogens is 454 g/mol. The molecule has 1 aliphatic carbocycles. The molecule has 0 unspecified atom stereocenters. The molecular formula is C34H25NO2. The maximum Gasteiger partial charge on any atom is 0.197 e. The van der Waals surface area contributed by atoms with Crippen molar-refractivity contribution >= 4 is 50.6 Å². The van der Waals surface area contributed by atoms with Crippen molar-refractivity contribution in [3.8, 4) is 0 Å². The molecule has 7 rings (SSSR count). The fourth-order valence-electron chi connectivity index (χ4n) is 6.23. The molecule has 3 nitrogen and oxygen atoms in total. The highest BCUT2D eigenvalue weighted by atomic mass is 16.2. The molecule has 178 valence electrons. The predicted octanol–water partition coefficient (Wildman–Crippen LogP) is 7.86. The number of nitrogens with zero attached hydrogens (tertiary/aromatic N) is 1. The number of anilines is 2. The van der Waals surface area contributed by atoms with Gasteiger partial charge in [0.1, 0.15) is 0 Å². The van der Waals surface area contributed by atoms with Crippen LogP contribution in [0.4, 0.5) is 11.4 Å². The monoisotopic (exact) mass is 479 g/mol. The van der Waals surface area contributed by atoms with Crippen LogP contribution in [0, 0.1) is 0 Å². The molecule has 0 N–H and O–H groups in total. The van der Waals surface area contributed by atoms with Crippen molar-refractivity contribution in [2.45, 2.75) is 19.3 Å². The average molecular weight is 480 g/mol. The molecule has 0 amide bonds. The fourth-order valence-corrected chi connectivity index (χ4v) is 6.23. The molecule has 1 aliphatic heterocycles. The minimum absolute atomic E-state index is 0.168. The van der Waals surface area contributed by atoms with Gasteiger partial charge in [0.15, 0.2) is 11.6 Å². The molecule has 5 aromatic rings. The van der Waals surface area contributed by atoms with Crippen LogP contribution in [0.15, 0.2) is 96.6 Å². The van der Waals surface area contributed by atoms with E-state index in [9.17, 15) is 9.59 Å². The van der Waals surface area contributed by atoms with Crippen molar-refractivity contribution in [2.75, 3.05) is 11.9 Å². The van der Waals surface area contributed by atoms with Crippen LogP contribution >= 0.6 is 0 Å². The van der Waals surface area contributed by atoms with Crippen LogP contribution in [0.2, 0.25) is 0 Å². The van der Waals surface area contributed by atoms with Crippen molar-refractivity contribution in [3.05, 3.63) is 124 Å². The molecule has 0 radical (unpaired) electrons. The third-order valence-electron chi connectivity index (χ3n) is 8.12. The molecule has 0 atom stereocenters. The second-order valence-electron chi connectivity index (χ2n) is 10.6. The number of para-hydroxylation sites is 1. The number of ketones is 2. The van der Waals surface area contributed by atoms with E-state index in [2.05, 4.69) is 74.3 Å². The van der Waals surface area contributed by atoms with Crippen molar-refractivity contribution in [1.82, 2.24) is 0 Å². The van der Waals surface area contributed by atoms with Gasteiger partial charge in [-0.15, -0.1) is 0 Å². The van der Waals surface area contributed by atoms with E-state index >= 15 is 0 Å². The summed E-state index contributed by atoms with van der Waals surface area (Å²) in [6.45, 7) is 4.56. The molecule has 0 saturated carbocycles. The second-order valence-corrected chi connectivity index (χ2v) is 10.6. The molecule has 5 aromatic carbocycles. The van der Waals surface area contributed by atoms with Gasteiger partial charge in [-0.05, 0) is 74.6 Å². The Balaban J connectivity index is 1.34. The van der Waals surface area contributed by atoms with Gasteiger partial charge in [-0.25, -0.2) is 0 Å². The summed E-state index contributed by atoms with van der Waals surface area (Å²) < 4.78 is 0. The molecule has 1 heterocycles. The number of carbonyl (C=O) groups is 2. The van der Waals surface area contributed by atoms with Crippen LogP contribution in [0.1, 0.15) is 51.3 Å². The van der Waals surface area contributed by atoms with Gasteiger partial charge in [-0.2, -0.15) is 0 Å². The molecule has 37 heavy (non-hydrogen) atoms. The van der Waals surface area contributed by atoms with E-state index < -0.39 is 0 Å². The van der Waals surface area contributed by atoms with E-state index in [1.807, 2.05) is 42.5 Å². The van der Waals surface area contributed by atoms with Gasteiger partial charge < -0.3 is 4.90 Å². The van der Waals surface area contributed by atoms with Crippen LogP contribution in [0.3, 0.4) is 0 Å². The van der Waals surface area contributed by atoms with Crippen LogP contribution in [-0.4, -0.2) is 18.6 Å². The van der Waals surface area contributed by atoms with Gasteiger partial charge in [-0.1, -0.05) is 74.5 Å². The number of fused-ring (bicyclic) bond motifs is 6. The molecule has 0 fully saturated rings. The summed E-state index contributed by atoms with van der Waals surface area (Å²) in [4.78, 5) is 28.8. The standard InChI is InChI=1S/C34H25NO2/c1-34(2)28-10-6-7-11-29(28)35(3)30-15-13-23-16-20(12-14-24(23)31(30)34)17-27-32(36)25-18-21-8-4-5-9-22(21)19-26(25)33(27)37/h4-19H,1-3H3. The molecule has 3 heteroatoms. The van der Waals surface area contributed by atoms with E-state index in [1.165, 1.54) is 27.9 Å². The van der Waals surface area contributed by atoms with Crippen LogP contribution in [0.25, 0.3) is 27.6 Å². The first-order valence-corrected chi connectivity index (χ1v) is 12.6. The van der Waals surface area contributed by atoms with E-state index in [0.29, 0.717) is 11.1 Å². The van der Waals surface area contributed by atoms with E-state index in [4.69, 9.17) is 0 Å². The zero-order valence-electron chi connectivity index (χ0n) is 21.0. The van der Waals surface area contributed by atoms with Crippen LogP contribution in [-0.2, 0) is 5.41 Å². The Bertz CT molecular complexity index is 1800. The Hall–Kier alpha value is -4.50. The van der Waals surface area contributed by atoms with Crippen molar-refractivity contribution in [2.24, 2.45) is 0 Å². The van der Waals surface area contributed by atoms with Gasteiger partial charge in [0, 0.05) is 35.0 Å². The molecule has 0 spiro atoms. The number of rotatable bonds is 1. The average Bonchev–Trinajstić information content (AvgIpc) is 3.14. The summed E-state index contributed by atoms with van der Waals surface area (Å²) in [6.07, 6.45) is 1.75. The topological polar surface area (TPSA) is 37.4 Å². The lowest BCUT2D eigenvalue weighted by Gasteiger charge is -2.41. The zero-order valence-corrected chi connectivity index (χ0v) is 21.0. The van der Waals surface area contributed by atoms with E-state index in [1.54, 1.807) is 6.08 Å². The lowest BCUT2D eigenvalue weighted by molar-refractivity contribution is 0.0990. The first-order chi connectivity index (χ1) is 17.8. The Morgan fingerprint density at radius 2 is 1.32 bits per heavy atom. The van der Waals surface area contributed by atoms with E-state index in [0.717, 1.165) is 21.7 Å². The SMILES string of the molecule is CN1c2ccccc2C(C)(C)c2c1ccc1cc(C=C3C(=O)c4cc5ccccc5cc4C3=O)ccc21. The highest BCUT2D eigenvalue weighted by Crippen LogP contribution is 2.50. The number of Topliss-reactive ketones (excluding diaryl/α,β-unsaturated/α-hetero) is 2. The highest BCUT2D eigenvalue weighted by Gasteiger charge is 2.36. The highest BCUT2D eigenvalue weighted by molar-refractivity contribution is 6.42.